The largest absolute Gasteiger partial charge is 0.337 e. The van der Waals surface area contributed by atoms with Crippen molar-refractivity contribution in [1.82, 2.24) is 14.4 Å². The average molecular weight is 420 g/mol. The van der Waals surface area contributed by atoms with Crippen molar-refractivity contribution in [3.05, 3.63) is 78.7 Å². The van der Waals surface area contributed by atoms with Crippen LogP contribution in [0.2, 0.25) is 0 Å². The molecule has 1 fully saturated rings. The lowest BCUT2D eigenvalue weighted by Crippen LogP contribution is -2.38. The predicted octanol–water partition coefficient (Wildman–Crippen LogP) is 4.81. The van der Waals surface area contributed by atoms with Gasteiger partial charge in [0.25, 0.3) is 0 Å². The highest BCUT2D eigenvalue weighted by molar-refractivity contribution is 7.89. The molecule has 0 aliphatic carbocycles. The molecule has 0 bridgehead atoms. The Kier molecular flexibility index (Phi) is 4.84. The van der Waals surface area contributed by atoms with Crippen LogP contribution < -0.4 is 0 Å². The average Bonchev–Trinajstić information content (AvgIpc) is 3.29. The number of aromatic nitrogens is 2. The number of piperidine rings is 1. The second kappa shape index (κ2) is 7.66. The minimum absolute atomic E-state index is 0.315. The fourth-order valence-electron chi connectivity index (χ4n) is 4.06. The first-order valence-electron chi connectivity index (χ1n) is 10.0. The maximum atomic E-state index is 13.7. The molecule has 1 aliphatic rings. The van der Waals surface area contributed by atoms with Gasteiger partial charge >= 0.3 is 0 Å². The summed E-state index contributed by atoms with van der Waals surface area (Å²) >= 11 is 0. The molecule has 152 valence electrons. The normalized spacial score (nSPS) is 17.9. The van der Waals surface area contributed by atoms with Crippen LogP contribution in [0.25, 0.3) is 22.2 Å². The van der Waals surface area contributed by atoms with Crippen LogP contribution in [-0.2, 0) is 10.0 Å². The molecule has 1 unspecified atom stereocenters. The third kappa shape index (κ3) is 3.30. The van der Waals surface area contributed by atoms with Crippen LogP contribution in [0.5, 0.6) is 0 Å². The number of hydrogen-bond acceptors (Lipinski definition) is 5. The van der Waals surface area contributed by atoms with Gasteiger partial charge in [-0.1, -0.05) is 78.3 Å². The Morgan fingerprint density at radius 3 is 2.53 bits per heavy atom. The second-order valence-electron chi connectivity index (χ2n) is 7.43. The van der Waals surface area contributed by atoms with E-state index in [0.29, 0.717) is 29.6 Å². The van der Waals surface area contributed by atoms with Crippen molar-refractivity contribution >= 4 is 20.8 Å². The first-order valence-corrected chi connectivity index (χ1v) is 11.5. The van der Waals surface area contributed by atoms with E-state index < -0.39 is 16.1 Å². The van der Waals surface area contributed by atoms with E-state index in [9.17, 15) is 8.42 Å². The summed E-state index contributed by atoms with van der Waals surface area (Å²) < 4.78 is 34.5. The van der Waals surface area contributed by atoms with Gasteiger partial charge in [-0.15, -0.1) is 0 Å². The molecule has 1 saturated heterocycles. The van der Waals surface area contributed by atoms with Gasteiger partial charge in [0.05, 0.1) is 4.90 Å². The van der Waals surface area contributed by atoms with Crippen LogP contribution in [0.4, 0.5) is 0 Å². The number of nitrogens with zero attached hydrogens (tertiary/aromatic N) is 3. The third-order valence-electron chi connectivity index (χ3n) is 5.55. The van der Waals surface area contributed by atoms with Gasteiger partial charge in [0.1, 0.15) is 6.04 Å². The van der Waals surface area contributed by atoms with E-state index in [0.717, 1.165) is 29.2 Å². The van der Waals surface area contributed by atoms with E-state index in [-0.39, 0.29) is 0 Å². The number of benzene rings is 3. The summed E-state index contributed by atoms with van der Waals surface area (Å²) in [5.74, 6) is 0.816. The Bertz CT molecular complexity index is 1280. The fourth-order valence-corrected chi connectivity index (χ4v) is 5.93. The van der Waals surface area contributed by atoms with Gasteiger partial charge in [-0.25, -0.2) is 8.42 Å². The lowest BCUT2D eigenvalue weighted by atomic mass is 10.1. The van der Waals surface area contributed by atoms with Gasteiger partial charge in [-0.05, 0) is 24.3 Å². The Hall–Kier alpha value is -3.03. The SMILES string of the molecule is O=S(=O)(c1cccc2ccccc12)N1CCCCC1c1nc(-c2ccccc2)no1. The molecule has 1 aliphatic heterocycles. The van der Waals surface area contributed by atoms with Crippen molar-refractivity contribution in [2.24, 2.45) is 0 Å². The fraction of sp³-hybridized carbons (Fsp3) is 0.217. The zero-order chi connectivity index (χ0) is 20.6. The van der Waals surface area contributed by atoms with Crippen LogP contribution >= 0.6 is 0 Å². The molecule has 1 atom stereocenters. The van der Waals surface area contributed by atoms with E-state index in [4.69, 9.17) is 4.52 Å². The molecule has 6 nitrogen and oxygen atoms in total. The second-order valence-corrected chi connectivity index (χ2v) is 9.29. The van der Waals surface area contributed by atoms with E-state index in [1.165, 1.54) is 4.31 Å². The Morgan fingerprint density at radius 1 is 0.900 bits per heavy atom. The van der Waals surface area contributed by atoms with E-state index in [1.54, 1.807) is 12.1 Å². The summed E-state index contributed by atoms with van der Waals surface area (Å²) in [7, 11) is -3.74. The highest BCUT2D eigenvalue weighted by atomic mass is 32.2. The minimum Gasteiger partial charge on any atom is -0.337 e. The molecule has 0 N–H and O–H groups in total. The highest BCUT2D eigenvalue weighted by Gasteiger charge is 2.38. The Labute approximate surface area is 175 Å². The zero-order valence-corrected chi connectivity index (χ0v) is 17.1. The lowest BCUT2D eigenvalue weighted by molar-refractivity contribution is 0.205. The molecule has 5 rings (SSSR count). The van der Waals surface area contributed by atoms with Crippen LogP contribution in [0.1, 0.15) is 31.2 Å². The Balaban J connectivity index is 1.55. The minimum atomic E-state index is -3.74. The molecule has 30 heavy (non-hydrogen) atoms. The predicted molar refractivity (Wildman–Crippen MR) is 114 cm³/mol. The topological polar surface area (TPSA) is 76.3 Å². The third-order valence-corrected chi connectivity index (χ3v) is 7.52. The van der Waals surface area contributed by atoms with Gasteiger partial charge in [-0.3, -0.25) is 0 Å². The van der Waals surface area contributed by atoms with E-state index in [1.807, 2.05) is 60.7 Å². The molecular formula is C23H21N3O3S. The number of sulfonamides is 1. The summed E-state index contributed by atoms with van der Waals surface area (Å²) in [6.07, 6.45) is 2.37. The summed E-state index contributed by atoms with van der Waals surface area (Å²) in [5, 5.41) is 5.71. The number of hydrogen-bond donors (Lipinski definition) is 0. The lowest BCUT2D eigenvalue weighted by Gasteiger charge is -2.32. The van der Waals surface area contributed by atoms with Crippen LogP contribution in [0, 0.1) is 0 Å². The molecule has 1 aromatic heterocycles. The van der Waals surface area contributed by atoms with Gasteiger partial charge in [0.2, 0.25) is 21.7 Å². The highest BCUT2D eigenvalue weighted by Crippen LogP contribution is 2.37. The van der Waals surface area contributed by atoms with E-state index >= 15 is 0 Å². The smallest absolute Gasteiger partial charge is 0.245 e. The van der Waals surface area contributed by atoms with Crippen LogP contribution in [-0.4, -0.2) is 29.4 Å². The molecule has 2 heterocycles. The van der Waals surface area contributed by atoms with Crippen molar-refractivity contribution in [3.63, 3.8) is 0 Å². The summed E-state index contributed by atoms with van der Waals surface area (Å²) in [4.78, 5) is 4.86. The molecule has 7 heteroatoms. The van der Waals surface area contributed by atoms with Gasteiger partial charge in [0.15, 0.2) is 0 Å². The monoisotopic (exact) mass is 419 g/mol. The first kappa shape index (κ1) is 19.0. The van der Waals surface area contributed by atoms with Gasteiger partial charge in [0, 0.05) is 17.5 Å². The standard InChI is InChI=1S/C23H21N3O3S/c27-30(28,21-15-8-12-17-9-4-5-13-19(17)21)26-16-7-6-14-20(26)23-24-22(25-29-23)18-10-2-1-3-11-18/h1-5,8-13,15,20H,6-7,14,16H2. The molecule has 4 aromatic rings. The van der Waals surface area contributed by atoms with Crippen molar-refractivity contribution < 1.29 is 12.9 Å². The quantitative estimate of drug-likeness (QED) is 0.475. The molecular weight excluding hydrogens is 398 g/mol. The number of fused-ring (bicyclic) bond motifs is 1. The molecule has 0 saturated carbocycles. The molecule has 0 radical (unpaired) electrons. The van der Waals surface area contributed by atoms with Crippen molar-refractivity contribution in [2.45, 2.75) is 30.2 Å². The number of rotatable bonds is 4. The van der Waals surface area contributed by atoms with Crippen molar-refractivity contribution in [2.75, 3.05) is 6.54 Å². The summed E-state index contributed by atoms with van der Waals surface area (Å²) in [6.45, 7) is 0.430. The van der Waals surface area contributed by atoms with Crippen LogP contribution in [0.3, 0.4) is 0 Å². The van der Waals surface area contributed by atoms with Crippen LogP contribution in [0.15, 0.2) is 82.2 Å². The first-order chi connectivity index (χ1) is 14.6. The zero-order valence-electron chi connectivity index (χ0n) is 16.3. The van der Waals surface area contributed by atoms with Gasteiger partial charge < -0.3 is 4.52 Å². The van der Waals surface area contributed by atoms with Crippen molar-refractivity contribution in [3.8, 4) is 11.4 Å². The molecule has 0 spiro atoms. The maximum Gasteiger partial charge on any atom is 0.245 e. The molecule has 0 amide bonds. The summed E-state index contributed by atoms with van der Waals surface area (Å²) in [5.41, 5.74) is 0.840. The maximum absolute atomic E-state index is 13.7. The Morgan fingerprint density at radius 2 is 1.67 bits per heavy atom. The summed E-state index contributed by atoms with van der Waals surface area (Å²) in [6, 6.07) is 22.0. The van der Waals surface area contributed by atoms with E-state index in [2.05, 4.69) is 10.1 Å². The molecule has 3 aromatic carbocycles. The van der Waals surface area contributed by atoms with Gasteiger partial charge in [-0.2, -0.15) is 9.29 Å². The van der Waals surface area contributed by atoms with Crippen molar-refractivity contribution in [1.29, 1.82) is 0 Å².